The fraction of sp³-hybridized carbons (Fsp3) is 0.500. The minimum Gasteiger partial charge on any atom is -0.489 e. The van der Waals surface area contributed by atoms with Gasteiger partial charge in [0.05, 0.1) is 0 Å². The van der Waals surface area contributed by atoms with Crippen LogP contribution in [0, 0.1) is 0 Å². The van der Waals surface area contributed by atoms with Crippen molar-refractivity contribution in [1.29, 1.82) is 0 Å². The largest absolute Gasteiger partial charge is 0.489 e. The van der Waals surface area contributed by atoms with Gasteiger partial charge in [0.2, 0.25) is 0 Å². The zero-order valence-electron chi connectivity index (χ0n) is 11.6. The van der Waals surface area contributed by atoms with Crippen LogP contribution in [-0.2, 0) is 6.54 Å². The van der Waals surface area contributed by atoms with Crippen molar-refractivity contribution < 1.29 is 4.74 Å². The molecular weight excluding hydrogens is 222 g/mol. The summed E-state index contributed by atoms with van der Waals surface area (Å²) in [4.78, 5) is 0. The number of nitrogens with one attached hydrogen (secondary N) is 1. The van der Waals surface area contributed by atoms with E-state index in [1.807, 2.05) is 12.1 Å². The third kappa shape index (κ3) is 5.37. The molecule has 100 valence electrons. The Morgan fingerprint density at radius 3 is 2.89 bits per heavy atom. The van der Waals surface area contributed by atoms with Crippen LogP contribution in [-0.4, -0.2) is 12.6 Å². The number of ether oxygens (including phenoxy) is 1. The zero-order valence-corrected chi connectivity index (χ0v) is 11.6. The van der Waals surface area contributed by atoms with Crippen LogP contribution in [0.1, 0.15) is 38.7 Å². The molecule has 1 unspecified atom stereocenters. The van der Waals surface area contributed by atoms with Gasteiger partial charge in [-0.1, -0.05) is 50.6 Å². The molecule has 18 heavy (non-hydrogen) atoms. The molecule has 0 aliphatic carbocycles. The standard InChI is InChI=1S/C16H25NO/c1-4-6-9-14(3)17-13-15-10-7-8-11-16(15)18-12-5-2/h5,7-8,10-11,14,17H,2,4,6,9,12-13H2,1,3H3. The van der Waals surface area contributed by atoms with Crippen LogP contribution >= 0.6 is 0 Å². The lowest BCUT2D eigenvalue weighted by Crippen LogP contribution is -2.25. The Labute approximate surface area is 111 Å². The minimum absolute atomic E-state index is 0.553. The molecule has 0 radical (unpaired) electrons. The van der Waals surface area contributed by atoms with Crippen molar-refractivity contribution in [2.24, 2.45) is 0 Å². The van der Waals surface area contributed by atoms with Crippen LogP contribution in [0.15, 0.2) is 36.9 Å². The van der Waals surface area contributed by atoms with E-state index in [0.717, 1.165) is 12.3 Å². The second kappa shape index (κ2) is 8.76. The first-order valence-corrected chi connectivity index (χ1v) is 6.83. The van der Waals surface area contributed by atoms with E-state index in [1.165, 1.54) is 24.8 Å². The molecule has 0 aliphatic rings. The van der Waals surface area contributed by atoms with E-state index in [4.69, 9.17) is 4.74 Å². The zero-order chi connectivity index (χ0) is 13.2. The highest BCUT2D eigenvalue weighted by molar-refractivity contribution is 5.33. The van der Waals surface area contributed by atoms with E-state index >= 15 is 0 Å². The summed E-state index contributed by atoms with van der Waals surface area (Å²) in [6.07, 6.45) is 5.54. The summed E-state index contributed by atoms with van der Waals surface area (Å²) in [5, 5.41) is 3.54. The lowest BCUT2D eigenvalue weighted by atomic mass is 10.1. The fourth-order valence-electron chi connectivity index (χ4n) is 1.84. The van der Waals surface area contributed by atoms with Gasteiger partial charge < -0.3 is 10.1 Å². The third-order valence-corrected chi connectivity index (χ3v) is 2.96. The highest BCUT2D eigenvalue weighted by Gasteiger charge is 2.05. The van der Waals surface area contributed by atoms with Gasteiger partial charge in [-0.15, -0.1) is 0 Å². The fourth-order valence-corrected chi connectivity index (χ4v) is 1.84. The van der Waals surface area contributed by atoms with E-state index in [1.54, 1.807) is 6.08 Å². The summed E-state index contributed by atoms with van der Waals surface area (Å²) in [6, 6.07) is 8.73. The molecule has 2 nitrogen and oxygen atoms in total. The van der Waals surface area contributed by atoms with E-state index in [0.29, 0.717) is 12.6 Å². The van der Waals surface area contributed by atoms with Crippen LogP contribution in [0.2, 0.25) is 0 Å². The Morgan fingerprint density at radius 2 is 2.17 bits per heavy atom. The van der Waals surface area contributed by atoms with Crippen molar-refractivity contribution in [2.45, 2.75) is 45.7 Å². The topological polar surface area (TPSA) is 21.3 Å². The summed E-state index contributed by atoms with van der Waals surface area (Å²) < 4.78 is 5.64. The number of hydrogen-bond acceptors (Lipinski definition) is 2. The Bertz CT molecular complexity index is 349. The van der Waals surface area contributed by atoms with E-state index in [9.17, 15) is 0 Å². The molecule has 0 bridgehead atoms. The molecule has 0 heterocycles. The van der Waals surface area contributed by atoms with Gasteiger partial charge in [0.25, 0.3) is 0 Å². The highest BCUT2D eigenvalue weighted by Crippen LogP contribution is 2.18. The normalized spacial score (nSPS) is 12.1. The lowest BCUT2D eigenvalue weighted by Gasteiger charge is -2.15. The molecule has 1 N–H and O–H groups in total. The Morgan fingerprint density at radius 1 is 1.39 bits per heavy atom. The van der Waals surface area contributed by atoms with E-state index in [2.05, 4.69) is 37.9 Å². The van der Waals surface area contributed by atoms with Crippen molar-refractivity contribution in [3.8, 4) is 5.75 Å². The van der Waals surface area contributed by atoms with Crippen molar-refractivity contribution in [3.05, 3.63) is 42.5 Å². The first kappa shape index (κ1) is 14.8. The predicted molar refractivity (Wildman–Crippen MR) is 78.0 cm³/mol. The Hall–Kier alpha value is -1.28. The first-order chi connectivity index (χ1) is 8.77. The second-order valence-corrected chi connectivity index (χ2v) is 4.63. The van der Waals surface area contributed by atoms with Crippen molar-refractivity contribution >= 4 is 0 Å². The summed E-state index contributed by atoms with van der Waals surface area (Å²) >= 11 is 0. The van der Waals surface area contributed by atoms with E-state index in [-0.39, 0.29) is 0 Å². The van der Waals surface area contributed by atoms with Crippen LogP contribution in [0.5, 0.6) is 5.75 Å². The second-order valence-electron chi connectivity index (χ2n) is 4.63. The molecule has 0 amide bonds. The summed E-state index contributed by atoms with van der Waals surface area (Å²) in [5.74, 6) is 0.951. The summed E-state index contributed by atoms with van der Waals surface area (Å²) in [7, 11) is 0. The number of hydrogen-bond donors (Lipinski definition) is 1. The number of unbranched alkanes of at least 4 members (excludes halogenated alkanes) is 1. The average molecular weight is 247 g/mol. The molecule has 1 rings (SSSR count). The molecule has 0 aliphatic heterocycles. The van der Waals surface area contributed by atoms with Crippen LogP contribution in [0.4, 0.5) is 0 Å². The first-order valence-electron chi connectivity index (χ1n) is 6.83. The molecular formula is C16H25NO. The van der Waals surface area contributed by atoms with Crippen LogP contribution < -0.4 is 10.1 Å². The highest BCUT2D eigenvalue weighted by atomic mass is 16.5. The Balaban J connectivity index is 2.47. The van der Waals surface area contributed by atoms with Crippen molar-refractivity contribution in [3.63, 3.8) is 0 Å². The van der Waals surface area contributed by atoms with Gasteiger partial charge >= 0.3 is 0 Å². The monoisotopic (exact) mass is 247 g/mol. The molecule has 0 aromatic heterocycles. The molecule has 0 saturated heterocycles. The quantitative estimate of drug-likeness (QED) is 0.668. The maximum absolute atomic E-state index is 5.64. The van der Waals surface area contributed by atoms with Gasteiger partial charge in [-0.2, -0.15) is 0 Å². The number of para-hydroxylation sites is 1. The lowest BCUT2D eigenvalue weighted by molar-refractivity contribution is 0.356. The van der Waals surface area contributed by atoms with Crippen molar-refractivity contribution in [2.75, 3.05) is 6.61 Å². The van der Waals surface area contributed by atoms with E-state index < -0.39 is 0 Å². The van der Waals surface area contributed by atoms with Crippen molar-refractivity contribution in [1.82, 2.24) is 5.32 Å². The maximum atomic E-state index is 5.64. The van der Waals surface area contributed by atoms with Gasteiger partial charge in [0.15, 0.2) is 0 Å². The summed E-state index contributed by atoms with van der Waals surface area (Å²) in [5.41, 5.74) is 1.21. The van der Waals surface area contributed by atoms with Gasteiger partial charge in [0, 0.05) is 18.2 Å². The summed E-state index contributed by atoms with van der Waals surface area (Å²) in [6.45, 7) is 9.56. The minimum atomic E-state index is 0.553. The van der Waals surface area contributed by atoms with Gasteiger partial charge in [-0.05, 0) is 19.4 Å². The Kier molecular flexibility index (Phi) is 7.19. The molecule has 1 atom stereocenters. The van der Waals surface area contributed by atoms with Crippen LogP contribution in [0.3, 0.4) is 0 Å². The molecule has 1 aromatic rings. The molecule has 0 saturated carbocycles. The predicted octanol–water partition coefficient (Wildman–Crippen LogP) is 3.92. The molecule has 0 spiro atoms. The SMILES string of the molecule is C=CCOc1ccccc1CNC(C)CCCC. The average Bonchev–Trinajstić information content (AvgIpc) is 2.41. The molecule has 1 aromatic carbocycles. The molecule has 0 fully saturated rings. The smallest absolute Gasteiger partial charge is 0.124 e. The molecule has 2 heteroatoms. The van der Waals surface area contributed by atoms with Gasteiger partial charge in [0.1, 0.15) is 12.4 Å². The van der Waals surface area contributed by atoms with Gasteiger partial charge in [-0.25, -0.2) is 0 Å². The number of benzene rings is 1. The van der Waals surface area contributed by atoms with Gasteiger partial charge in [-0.3, -0.25) is 0 Å². The number of rotatable bonds is 9. The third-order valence-electron chi connectivity index (χ3n) is 2.96. The van der Waals surface area contributed by atoms with Crippen LogP contribution in [0.25, 0.3) is 0 Å². The maximum Gasteiger partial charge on any atom is 0.124 e.